The van der Waals surface area contributed by atoms with E-state index < -0.39 is 0 Å². The summed E-state index contributed by atoms with van der Waals surface area (Å²) in [5.41, 5.74) is 6.32. The highest BCUT2D eigenvalue weighted by molar-refractivity contribution is 9.10. The van der Waals surface area contributed by atoms with Crippen LogP contribution in [0.1, 0.15) is 0 Å². The number of aromatic nitrogens is 1. The number of benzene rings is 1. The van der Waals surface area contributed by atoms with Crippen LogP contribution in [0.4, 0.5) is 5.69 Å². The Bertz CT molecular complexity index is 499. The number of hydrogen-bond acceptors (Lipinski definition) is 3. The zero-order valence-electron chi connectivity index (χ0n) is 8.15. The van der Waals surface area contributed by atoms with Gasteiger partial charge in [0.1, 0.15) is 16.5 Å². The van der Waals surface area contributed by atoms with Gasteiger partial charge in [-0.15, -0.1) is 0 Å². The van der Waals surface area contributed by atoms with Crippen molar-refractivity contribution in [2.24, 2.45) is 0 Å². The molecule has 1 heterocycles. The van der Waals surface area contributed by atoms with E-state index in [4.69, 9.17) is 22.1 Å². The van der Waals surface area contributed by atoms with Crippen LogP contribution in [-0.2, 0) is 0 Å². The van der Waals surface area contributed by atoms with Crippen LogP contribution in [0.15, 0.2) is 41.1 Å². The first kappa shape index (κ1) is 11.2. The Hall–Kier alpha value is -1.26. The van der Waals surface area contributed by atoms with Gasteiger partial charge < -0.3 is 10.5 Å². The van der Waals surface area contributed by atoms with E-state index in [1.165, 1.54) is 6.20 Å². The second-order valence-corrected chi connectivity index (χ2v) is 4.45. The Morgan fingerprint density at radius 2 is 2.12 bits per heavy atom. The molecule has 16 heavy (non-hydrogen) atoms. The molecule has 0 aliphatic carbocycles. The van der Waals surface area contributed by atoms with Gasteiger partial charge in [-0.25, -0.2) is 0 Å². The van der Waals surface area contributed by atoms with Crippen molar-refractivity contribution in [1.29, 1.82) is 0 Å². The van der Waals surface area contributed by atoms with Gasteiger partial charge in [-0.2, -0.15) is 0 Å². The smallest absolute Gasteiger partial charge is 0.149 e. The summed E-state index contributed by atoms with van der Waals surface area (Å²) in [7, 11) is 0. The standard InChI is InChI=1S/C11H8BrClN2O/c12-7-3-8(14)5-9(4-7)16-11-1-2-15-6-10(11)13/h1-6H,14H2. The molecule has 2 aromatic rings. The molecule has 1 aromatic carbocycles. The van der Waals surface area contributed by atoms with E-state index in [9.17, 15) is 0 Å². The molecule has 82 valence electrons. The molecule has 1 aromatic heterocycles. The van der Waals surface area contributed by atoms with Gasteiger partial charge in [0, 0.05) is 34.7 Å². The molecule has 0 saturated carbocycles. The van der Waals surface area contributed by atoms with Crippen LogP contribution in [0.3, 0.4) is 0 Å². The summed E-state index contributed by atoms with van der Waals surface area (Å²) in [5.74, 6) is 1.18. The Morgan fingerprint density at radius 3 is 2.81 bits per heavy atom. The molecule has 0 fully saturated rings. The van der Waals surface area contributed by atoms with Crippen LogP contribution in [-0.4, -0.2) is 4.98 Å². The first-order chi connectivity index (χ1) is 7.65. The fraction of sp³-hybridized carbons (Fsp3) is 0. The predicted octanol–water partition coefficient (Wildman–Crippen LogP) is 3.87. The molecule has 0 unspecified atom stereocenters. The fourth-order valence-corrected chi connectivity index (χ4v) is 1.86. The summed E-state index contributed by atoms with van der Waals surface area (Å²) in [5, 5.41) is 0.459. The SMILES string of the molecule is Nc1cc(Br)cc(Oc2ccncc2Cl)c1. The third-order valence-electron chi connectivity index (χ3n) is 1.86. The van der Waals surface area contributed by atoms with Gasteiger partial charge in [0.15, 0.2) is 0 Å². The van der Waals surface area contributed by atoms with Gasteiger partial charge in [-0.1, -0.05) is 27.5 Å². The lowest BCUT2D eigenvalue weighted by atomic mass is 10.3. The quantitative estimate of drug-likeness (QED) is 0.856. The van der Waals surface area contributed by atoms with Crippen molar-refractivity contribution in [1.82, 2.24) is 4.98 Å². The second-order valence-electron chi connectivity index (χ2n) is 3.13. The third kappa shape index (κ3) is 2.65. The van der Waals surface area contributed by atoms with E-state index in [-0.39, 0.29) is 0 Å². The summed E-state index contributed by atoms with van der Waals surface area (Å²) < 4.78 is 6.44. The molecule has 0 spiro atoms. The summed E-state index contributed by atoms with van der Waals surface area (Å²) >= 11 is 9.26. The third-order valence-corrected chi connectivity index (χ3v) is 2.60. The van der Waals surface area contributed by atoms with E-state index in [0.29, 0.717) is 22.2 Å². The van der Waals surface area contributed by atoms with Crippen molar-refractivity contribution in [3.8, 4) is 11.5 Å². The number of nitrogens with zero attached hydrogens (tertiary/aromatic N) is 1. The number of nitrogens with two attached hydrogens (primary N) is 1. The molecule has 2 N–H and O–H groups in total. The molecule has 5 heteroatoms. The molecule has 2 rings (SSSR count). The first-order valence-corrected chi connectivity index (χ1v) is 5.65. The normalized spacial score (nSPS) is 10.1. The number of pyridine rings is 1. The highest BCUT2D eigenvalue weighted by Crippen LogP contribution is 2.31. The Labute approximate surface area is 106 Å². The van der Waals surface area contributed by atoms with Crippen LogP contribution in [0.25, 0.3) is 0 Å². The molecule has 0 atom stereocenters. The maximum absolute atomic E-state index is 5.92. The molecule has 3 nitrogen and oxygen atoms in total. The molecule has 0 amide bonds. The molecular weight excluding hydrogens is 291 g/mol. The van der Waals surface area contributed by atoms with Gasteiger partial charge in [0.2, 0.25) is 0 Å². The Morgan fingerprint density at radius 1 is 1.31 bits per heavy atom. The van der Waals surface area contributed by atoms with E-state index in [2.05, 4.69) is 20.9 Å². The molecule has 0 aliphatic heterocycles. The van der Waals surface area contributed by atoms with Crippen molar-refractivity contribution in [3.63, 3.8) is 0 Å². The van der Waals surface area contributed by atoms with Gasteiger partial charge in [-0.3, -0.25) is 4.98 Å². The zero-order chi connectivity index (χ0) is 11.5. The minimum atomic E-state index is 0.459. The molecule has 0 aliphatic rings. The van der Waals surface area contributed by atoms with Crippen molar-refractivity contribution in [2.75, 3.05) is 5.73 Å². The monoisotopic (exact) mass is 298 g/mol. The van der Waals surface area contributed by atoms with Gasteiger partial charge in [-0.05, 0) is 12.1 Å². The van der Waals surface area contributed by atoms with Crippen LogP contribution in [0.5, 0.6) is 11.5 Å². The Kier molecular flexibility index (Phi) is 3.31. The number of ether oxygens (including phenoxy) is 1. The maximum Gasteiger partial charge on any atom is 0.149 e. The number of hydrogen-bond donors (Lipinski definition) is 1. The average Bonchev–Trinajstić information content (AvgIpc) is 2.20. The van der Waals surface area contributed by atoms with Gasteiger partial charge in [0.25, 0.3) is 0 Å². The van der Waals surface area contributed by atoms with Gasteiger partial charge >= 0.3 is 0 Å². The lowest BCUT2D eigenvalue weighted by Gasteiger charge is -2.08. The highest BCUT2D eigenvalue weighted by Gasteiger charge is 2.03. The Balaban J connectivity index is 2.30. The number of anilines is 1. The highest BCUT2D eigenvalue weighted by atomic mass is 79.9. The summed E-state index contributed by atoms with van der Waals surface area (Å²) in [4.78, 5) is 3.88. The fourth-order valence-electron chi connectivity index (χ4n) is 1.22. The zero-order valence-corrected chi connectivity index (χ0v) is 10.5. The van der Waals surface area contributed by atoms with E-state index >= 15 is 0 Å². The first-order valence-electron chi connectivity index (χ1n) is 4.48. The van der Waals surface area contributed by atoms with Crippen LogP contribution >= 0.6 is 27.5 Å². The molecule has 0 radical (unpaired) electrons. The minimum absolute atomic E-state index is 0.459. The lowest BCUT2D eigenvalue weighted by molar-refractivity contribution is 0.482. The van der Waals surface area contributed by atoms with Crippen molar-refractivity contribution >= 4 is 33.2 Å². The van der Waals surface area contributed by atoms with Crippen molar-refractivity contribution < 1.29 is 4.74 Å². The topological polar surface area (TPSA) is 48.1 Å². The largest absolute Gasteiger partial charge is 0.456 e. The minimum Gasteiger partial charge on any atom is -0.456 e. The maximum atomic E-state index is 5.92. The van der Waals surface area contributed by atoms with Crippen LogP contribution in [0.2, 0.25) is 5.02 Å². The predicted molar refractivity (Wildman–Crippen MR) is 67.9 cm³/mol. The van der Waals surface area contributed by atoms with Crippen LogP contribution in [0, 0.1) is 0 Å². The second kappa shape index (κ2) is 4.72. The molecule has 0 bridgehead atoms. The van der Waals surface area contributed by atoms with Crippen molar-refractivity contribution in [3.05, 3.63) is 46.2 Å². The van der Waals surface area contributed by atoms with Crippen LogP contribution < -0.4 is 10.5 Å². The number of nitrogen functional groups attached to an aromatic ring is 1. The molecule has 0 saturated heterocycles. The lowest BCUT2D eigenvalue weighted by Crippen LogP contribution is -1.89. The number of rotatable bonds is 2. The molecular formula is C11H8BrClN2O. The summed E-state index contributed by atoms with van der Waals surface area (Å²) in [6.45, 7) is 0. The van der Waals surface area contributed by atoms with E-state index in [1.54, 1.807) is 24.4 Å². The van der Waals surface area contributed by atoms with E-state index in [1.807, 2.05) is 6.07 Å². The van der Waals surface area contributed by atoms with Crippen molar-refractivity contribution in [2.45, 2.75) is 0 Å². The summed E-state index contributed by atoms with van der Waals surface area (Å²) in [6.07, 6.45) is 3.14. The van der Waals surface area contributed by atoms with Gasteiger partial charge in [0.05, 0.1) is 0 Å². The van der Waals surface area contributed by atoms with E-state index in [0.717, 1.165) is 4.47 Å². The summed E-state index contributed by atoms with van der Waals surface area (Å²) in [6, 6.07) is 7.02. The average molecular weight is 300 g/mol. The number of halogens is 2.